The van der Waals surface area contributed by atoms with Crippen molar-refractivity contribution < 1.29 is 9.47 Å². The number of hydrogen-bond acceptors (Lipinski definition) is 4. The van der Waals surface area contributed by atoms with Crippen LogP contribution < -0.4 is 4.90 Å². The number of rotatable bonds is 2. The van der Waals surface area contributed by atoms with Gasteiger partial charge in [-0.3, -0.25) is 5.10 Å². The number of ether oxygens (including phenoxy) is 2. The minimum atomic E-state index is -0.0634. The first-order valence-corrected chi connectivity index (χ1v) is 5.63. The van der Waals surface area contributed by atoms with E-state index in [0.29, 0.717) is 5.92 Å². The molecule has 2 aliphatic heterocycles. The van der Waals surface area contributed by atoms with Crippen molar-refractivity contribution in [2.45, 2.75) is 19.1 Å². The van der Waals surface area contributed by atoms with Gasteiger partial charge in [0, 0.05) is 25.2 Å². The van der Waals surface area contributed by atoms with Crippen molar-refractivity contribution in [3.63, 3.8) is 0 Å². The highest BCUT2D eigenvalue weighted by Gasteiger charge is 2.29. The Morgan fingerprint density at radius 3 is 2.62 bits per heavy atom. The Labute approximate surface area is 94.0 Å². The zero-order chi connectivity index (χ0) is 10.8. The average molecular weight is 221 g/mol. The first-order chi connectivity index (χ1) is 7.93. The normalized spacial score (nSPS) is 22.1. The fourth-order valence-electron chi connectivity index (χ4n) is 2.32. The molecule has 1 N–H and O–H groups in total. The van der Waals surface area contributed by atoms with Gasteiger partial charge in [0.1, 0.15) is 12.5 Å². The van der Waals surface area contributed by atoms with Gasteiger partial charge in [-0.25, -0.2) is 0 Å². The first kappa shape index (κ1) is 9.57. The van der Waals surface area contributed by atoms with E-state index in [1.54, 1.807) is 12.5 Å². The molecule has 1 aromatic rings. The molecule has 0 atom stereocenters. The smallest absolute Gasteiger partial charge is 0.242 e. The van der Waals surface area contributed by atoms with Gasteiger partial charge in [0.2, 0.25) is 6.29 Å². The van der Waals surface area contributed by atoms with Crippen LogP contribution in [0.3, 0.4) is 0 Å². The molecule has 0 amide bonds. The number of H-pyrrole nitrogens is 1. The summed E-state index contributed by atoms with van der Waals surface area (Å²) in [6, 6.07) is 0. The highest BCUT2D eigenvalue weighted by molar-refractivity contribution is 5.42. The number of hydrogen-bond donors (Lipinski definition) is 1. The molecule has 3 rings (SSSR count). The lowest BCUT2D eigenvalue weighted by molar-refractivity contribution is -0.0728. The number of nitrogens with one attached hydrogen (secondary N) is 1. The largest absolute Gasteiger partial charge is 0.459 e. The predicted octanol–water partition coefficient (Wildman–Crippen LogP) is 1.47. The van der Waals surface area contributed by atoms with Crippen molar-refractivity contribution in [2.24, 2.45) is 5.92 Å². The molecule has 0 saturated carbocycles. The molecule has 0 radical (unpaired) electrons. The fourth-order valence-corrected chi connectivity index (χ4v) is 2.32. The van der Waals surface area contributed by atoms with Crippen molar-refractivity contribution in [3.05, 3.63) is 24.9 Å². The van der Waals surface area contributed by atoms with Crippen LogP contribution >= 0.6 is 0 Å². The highest BCUT2D eigenvalue weighted by atomic mass is 16.7. The molecule has 2 aliphatic rings. The Bertz CT molecular complexity index is 347. The van der Waals surface area contributed by atoms with Crippen molar-refractivity contribution in [1.29, 1.82) is 0 Å². The fraction of sp³-hybridized carbons (Fsp3) is 0.545. The summed E-state index contributed by atoms with van der Waals surface area (Å²) in [4.78, 5) is 2.34. The van der Waals surface area contributed by atoms with Crippen molar-refractivity contribution in [3.8, 4) is 0 Å². The zero-order valence-electron chi connectivity index (χ0n) is 9.00. The molecule has 86 valence electrons. The van der Waals surface area contributed by atoms with E-state index < -0.39 is 0 Å². The predicted molar refractivity (Wildman–Crippen MR) is 58.6 cm³/mol. The van der Waals surface area contributed by atoms with Gasteiger partial charge >= 0.3 is 0 Å². The summed E-state index contributed by atoms with van der Waals surface area (Å²) in [6.07, 6.45) is 9.19. The van der Waals surface area contributed by atoms with Crippen LogP contribution in [0.25, 0.3) is 0 Å². The molecular formula is C11H15N3O2. The SMILES string of the molecule is C1=COC(C2CCN(c3cn[nH]c3)CC2)O1. The van der Waals surface area contributed by atoms with Gasteiger partial charge in [-0.15, -0.1) is 0 Å². The molecule has 0 spiro atoms. The molecule has 1 aromatic heterocycles. The van der Waals surface area contributed by atoms with Crippen LogP contribution in [0.4, 0.5) is 5.69 Å². The maximum Gasteiger partial charge on any atom is 0.242 e. The molecule has 0 aliphatic carbocycles. The standard InChI is InChI=1S/C11H15N3O2/c1-3-14(10-7-12-13-8-10)4-2-9(1)11-15-5-6-16-11/h5-9,11H,1-4H2,(H,12,13). The summed E-state index contributed by atoms with van der Waals surface area (Å²) in [5, 5.41) is 6.81. The molecule has 0 bridgehead atoms. The summed E-state index contributed by atoms with van der Waals surface area (Å²) in [6.45, 7) is 2.07. The van der Waals surface area contributed by atoms with Gasteiger partial charge in [-0.05, 0) is 12.8 Å². The van der Waals surface area contributed by atoms with Crippen LogP contribution in [-0.2, 0) is 9.47 Å². The number of nitrogens with zero attached hydrogens (tertiary/aromatic N) is 2. The second-order valence-corrected chi connectivity index (χ2v) is 4.19. The van der Waals surface area contributed by atoms with E-state index in [0.717, 1.165) is 25.9 Å². The van der Waals surface area contributed by atoms with Crippen LogP contribution in [0.5, 0.6) is 0 Å². The van der Waals surface area contributed by atoms with Gasteiger partial charge in [0.15, 0.2) is 0 Å². The Morgan fingerprint density at radius 1 is 1.25 bits per heavy atom. The third kappa shape index (κ3) is 1.73. The van der Waals surface area contributed by atoms with Crippen molar-refractivity contribution in [1.82, 2.24) is 10.2 Å². The molecular weight excluding hydrogens is 206 g/mol. The highest BCUT2D eigenvalue weighted by Crippen LogP contribution is 2.28. The lowest BCUT2D eigenvalue weighted by atomic mass is 9.96. The van der Waals surface area contributed by atoms with E-state index in [-0.39, 0.29) is 6.29 Å². The summed E-state index contributed by atoms with van der Waals surface area (Å²) in [7, 11) is 0. The Balaban J connectivity index is 1.56. The van der Waals surface area contributed by atoms with Crippen LogP contribution in [0.15, 0.2) is 24.9 Å². The summed E-state index contributed by atoms with van der Waals surface area (Å²) >= 11 is 0. The number of aromatic amines is 1. The first-order valence-electron chi connectivity index (χ1n) is 5.63. The molecule has 1 fully saturated rings. The number of piperidine rings is 1. The molecule has 16 heavy (non-hydrogen) atoms. The summed E-state index contributed by atoms with van der Waals surface area (Å²) < 4.78 is 10.8. The summed E-state index contributed by atoms with van der Waals surface area (Å²) in [5.41, 5.74) is 1.17. The van der Waals surface area contributed by atoms with Gasteiger partial charge in [-0.2, -0.15) is 5.10 Å². The minimum absolute atomic E-state index is 0.0634. The Kier molecular flexibility index (Phi) is 2.44. The quantitative estimate of drug-likeness (QED) is 0.821. The Morgan fingerprint density at radius 2 is 2.00 bits per heavy atom. The molecule has 0 unspecified atom stereocenters. The van der Waals surface area contributed by atoms with E-state index in [4.69, 9.17) is 9.47 Å². The van der Waals surface area contributed by atoms with E-state index in [9.17, 15) is 0 Å². The third-order valence-corrected chi connectivity index (χ3v) is 3.25. The molecule has 3 heterocycles. The maximum absolute atomic E-state index is 5.38. The second kappa shape index (κ2) is 4.08. The maximum atomic E-state index is 5.38. The van der Waals surface area contributed by atoms with Crippen molar-refractivity contribution in [2.75, 3.05) is 18.0 Å². The van der Waals surface area contributed by atoms with Crippen LogP contribution in [0.1, 0.15) is 12.8 Å². The van der Waals surface area contributed by atoms with Crippen LogP contribution in [0.2, 0.25) is 0 Å². The van der Waals surface area contributed by atoms with E-state index in [1.165, 1.54) is 5.69 Å². The lowest BCUT2D eigenvalue weighted by Crippen LogP contribution is -2.38. The van der Waals surface area contributed by atoms with Gasteiger partial charge in [-0.1, -0.05) is 0 Å². The van der Waals surface area contributed by atoms with E-state index in [1.807, 2.05) is 12.4 Å². The Hall–Kier alpha value is -1.65. The lowest BCUT2D eigenvalue weighted by Gasteiger charge is -2.34. The topological polar surface area (TPSA) is 50.4 Å². The molecule has 5 heteroatoms. The van der Waals surface area contributed by atoms with E-state index >= 15 is 0 Å². The van der Waals surface area contributed by atoms with E-state index in [2.05, 4.69) is 15.1 Å². The summed E-state index contributed by atoms with van der Waals surface area (Å²) in [5.74, 6) is 0.498. The molecule has 5 nitrogen and oxygen atoms in total. The number of anilines is 1. The monoisotopic (exact) mass is 221 g/mol. The molecule has 0 aromatic carbocycles. The van der Waals surface area contributed by atoms with Crippen molar-refractivity contribution >= 4 is 5.69 Å². The minimum Gasteiger partial charge on any atom is -0.459 e. The van der Waals surface area contributed by atoms with Crippen LogP contribution in [-0.4, -0.2) is 29.6 Å². The van der Waals surface area contributed by atoms with Gasteiger partial charge in [0.05, 0.1) is 11.9 Å². The van der Waals surface area contributed by atoms with Gasteiger partial charge in [0.25, 0.3) is 0 Å². The third-order valence-electron chi connectivity index (χ3n) is 3.25. The zero-order valence-corrected chi connectivity index (χ0v) is 9.00. The van der Waals surface area contributed by atoms with Crippen LogP contribution in [0, 0.1) is 5.92 Å². The van der Waals surface area contributed by atoms with Gasteiger partial charge < -0.3 is 14.4 Å². The average Bonchev–Trinajstić information content (AvgIpc) is 3.03. The second-order valence-electron chi connectivity index (χ2n) is 4.19. The molecule has 1 saturated heterocycles. The number of aromatic nitrogens is 2.